The molecule has 3 rings (SSSR count). The summed E-state index contributed by atoms with van der Waals surface area (Å²) in [5.74, 6) is -1.07. The van der Waals surface area contributed by atoms with Gasteiger partial charge >= 0.3 is 6.03 Å². The zero-order valence-corrected chi connectivity index (χ0v) is 12.2. The lowest BCUT2D eigenvalue weighted by Crippen LogP contribution is -2.49. The SMILES string of the molecule is CN1CC[C@@H](NC(=O)N2CCc3c(F)ccc(F)c3C2)C1=O. The summed E-state index contributed by atoms with van der Waals surface area (Å²) in [5.41, 5.74) is 0.553. The monoisotopic (exact) mass is 309 g/mol. The minimum absolute atomic E-state index is 0.0154. The number of benzene rings is 1. The number of nitrogens with zero attached hydrogens (tertiary/aromatic N) is 2. The van der Waals surface area contributed by atoms with Crippen LogP contribution in [0.1, 0.15) is 17.5 Å². The Balaban J connectivity index is 1.71. The molecule has 0 saturated carbocycles. The van der Waals surface area contributed by atoms with Gasteiger partial charge in [-0.2, -0.15) is 0 Å². The first-order valence-electron chi connectivity index (χ1n) is 7.23. The molecule has 0 aromatic heterocycles. The molecule has 2 aliphatic heterocycles. The summed E-state index contributed by atoms with van der Waals surface area (Å²) in [5, 5.41) is 2.67. The topological polar surface area (TPSA) is 52.7 Å². The summed E-state index contributed by atoms with van der Waals surface area (Å²) >= 11 is 0. The largest absolute Gasteiger partial charge is 0.344 e. The number of nitrogens with one attached hydrogen (secondary N) is 1. The van der Waals surface area contributed by atoms with E-state index in [1.165, 1.54) is 4.90 Å². The standard InChI is InChI=1S/C15H17F2N3O2/c1-19-6-5-13(14(19)21)18-15(22)20-7-4-9-10(8-20)12(17)3-2-11(9)16/h2-3,13H,4-8H2,1H3,(H,18,22)/t13-/m1/s1. The van der Waals surface area contributed by atoms with Crippen molar-refractivity contribution in [3.05, 3.63) is 34.9 Å². The Morgan fingerprint density at radius 1 is 1.23 bits per heavy atom. The first-order chi connectivity index (χ1) is 10.5. The normalized spacial score (nSPS) is 21.0. The highest BCUT2D eigenvalue weighted by molar-refractivity contribution is 5.88. The molecule has 0 bridgehead atoms. The minimum Gasteiger partial charge on any atom is -0.344 e. The van der Waals surface area contributed by atoms with Crippen LogP contribution in [0.15, 0.2) is 12.1 Å². The molecule has 3 amide bonds. The van der Waals surface area contributed by atoms with E-state index < -0.39 is 23.7 Å². The number of rotatable bonds is 1. The van der Waals surface area contributed by atoms with Crippen LogP contribution in [0.4, 0.5) is 13.6 Å². The van der Waals surface area contributed by atoms with E-state index in [9.17, 15) is 18.4 Å². The van der Waals surface area contributed by atoms with Gasteiger partial charge in [-0.05, 0) is 30.5 Å². The Bertz CT molecular complexity index is 635. The fourth-order valence-corrected chi connectivity index (χ4v) is 2.96. The lowest BCUT2D eigenvalue weighted by Gasteiger charge is -2.30. The van der Waals surface area contributed by atoms with Crippen molar-refractivity contribution >= 4 is 11.9 Å². The minimum atomic E-state index is -0.531. The molecule has 1 aromatic rings. The predicted octanol–water partition coefficient (Wildman–Crippen LogP) is 1.26. The van der Waals surface area contributed by atoms with Crippen molar-refractivity contribution in [2.75, 3.05) is 20.1 Å². The molecule has 5 nitrogen and oxygen atoms in total. The van der Waals surface area contributed by atoms with Crippen LogP contribution in [0.3, 0.4) is 0 Å². The van der Waals surface area contributed by atoms with Crippen molar-refractivity contribution in [2.24, 2.45) is 0 Å². The number of urea groups is 1. The number of likely N-dealkylation sites (N-methyl/N-ethyl adjacent to an activating group) is 1. The summed E-state index contributed by atoms with van der Waals surface area (Å²) < 4.78 is 27.5. The van der Waals surface area contributed by atoms with E-state index in [-0.39, 0.29) is 24.4 Å². The third-order valence-electron chi connectivity index (χ3n) is 4.31. The average molecular weight is 309 g/mol. The second-order valence-corrected chi connectivity index (χ2v) is 5.71. The van der Waals surface area contributed by atoms with Crippen molar-refractivity contribution in [3.8, 4) is 0 Å². The second-order valence-electron chi connectivity index (χ2n) is 5.71. The maximum absolute atomic E-state index is 13.8. The van der Waals surface area contributed by atoms with Crippen LogP contribution in [-0.2, 0) is 17.8 Å². The molecule has 118 valence electrons. The number of likely N-dealkylation sites (tertiary alicyclic amines) is 1. The molecular formula is C15H17F2N3O2. The van der Waals surface area contributed by atoms with E-state index in [1.54, 1.807) is 11.9 Å². The molecule has 0 aliphatic carbocycles. The van der Waals surface area contributed by atoms with Gasteiger partial charge in [-0.25, -0.2) is 13.6 Å². The molecule has 1 saturated heterocycles. The van der Waals surface area contributed by atoms with Gasteiger partial charge < -0.3 is 15.1 Å². The van der Waals surface area contributed by atoms with Crippen molar-refractivity contribution < 1.29 is 18.4 Å². The first kappa shape index (κ1) is 14.7. The van der Waals surface area contributed by atoms with Gasteiger partial charge in [0.2, 0.25) is 5.91 Å². The second kappa shape index (κ2) is 5.55. The lowest BCUT2D eigenvalue weighted by molar-refractivity contribution is -0.128. The summed E-state index contributed by atoms with van der Waals surface area (Å²) in [6.07, 6.45) is 0.833. The summed E-state index contributed by atoms with van der Waals surface area (Å²) in [6.45, 7) is 0.921. The van der Waals surface area contributed by atoms with Gasteiger partial charge in [0.25, 0.3) is 0 Å². The Morgan fingerprint density at radius 2 is 1.91 bits per heavy atom. The third-order valence-corrected chi connectivity index (χ3v) is 4.31. The zero-order chi connectivity index (χ0) is 15.9. The van der Waals surface area contributed by atoms with Gasteiger partial charge in [0.15, 0.2) is 0 Å². The molecule has 1 N–H and O–H groups in total. The molecule has 7 heteroatoms. The van der Waals surface area contributed by atoms with E-state index >= 15 is 0 Å². The highest BCUT2D eigenvalue weighted by atomic mass is 19.1. The van der Waals surface area contributed by atoms with Gasteiger partial charge in [-0.15, -0.1) is 0 Å². The fraction of sp³-hybridized carbons (Fsp3) is 0.467. The molecule has 1 atom stereocenters. The van der Waals surface area contributed by atoms with Crippen LogP contribution in [0, 0.1) is 11.6 Å². The quantitative estimate of drug-likeness (QED) is 0.849. The van der Waals surface area contributed by atoms with Gasteiger partial charge in [0, 0.05) is 25.7 Å². The number of fused-ring (bicyclic) bond motifs is 1. The highest BCUT2D eigenvalue weighted by Crippen LogP contribution is 2.24. The maximum atomic E-state index is 13.8. The van der Waals surface area contributed by atoms with Crippen LogP contribution in [0.25, 0.3) is 0 Å². The van der Waals surface area contributed by atoms with E-state index in [0.717, 1.165) is 12.1 Å². The number of hydrogen-bond donors (Lipinski definition) is 1. The van der Waals surface area contributed by atoms with Gasteiger partial charge in [-0.1, -0.05) is 0 Å². The van der Waals surface area contributed by atoms with Gasteiger partial charge in [0.1, 0.15) is 17.7 Å². The number of carbonyl (C=O) groups is 2. The number of amides is 3. The lowest BCUT2D eigenvalue weighted by atomic mass is 9.99. The molecular weight excluding hydrogens is 292 g/mol. The summed E-state index contributed by atoms with van der Waals surface area (Å²) in [6, 6.07) is 1.24. The van der Waals surface area contributed by atoms with E-state index in [4.69, 9.17) is 0 Å². The van der Waals surface area contributed by atoms with Crippen molar-refractivity contribution in [1.82, 2.24) is 15.1 Å². The van der Waals surface area contributed by atoms with E-state index in [1.807, 2.05) is 0 Å². The molecule has 1 aromatic carbocycles. The Kier molecular flexibility index (Phi) is 3.72. The van der Waals surface area contributed by atoms with Crippen LogP contribution in [-0.4, -0.2) is 47.9 Å². The van der Waals surface area contributed by atoms with Gasteiger partial charge in [0.05, 0.1) is 6.54 Å². The van der Waals surface area contributed by atoms with Crippen LogP contribution in [0.2, 0.25) is 0 Å². The first-order valence-corrected chi connectivity index (χ1v) is 7.23. The molecule has 0 radical (unpaired) electrons. The average Bonchev–Trinajstić information content (AvgIpc) is 2.83. The molecule has 0 spiro atoms. The van der Waals surface area contributed by atoms with Crippen molar-refractivity contribution in [1.29, 1.82) is 0 Å². The maximum Gasteiger partial charge on any atom is 0.318 e. The van der Waals surface area contributed by atoms with Gasteiger partial charge in [-0.3, -0.25) is 4.79 Å². The van der Waals surface area contributed by atoms with Crippen molar-refractivity contribution in [3.63, 3.8) is 0 Å². The highest BCUT2D eigenvalue weighted by Gasteiger charge is 2.32. The molecule has 2 aliphatic rings. The molecule has 1 fully saturated rings. The van der Waals surface area contributed by atoms with Crippen molar-refractivity contribution in [2.45, 2.75) is 25.4 Å². The molecule has 0 unspecified atom stereocenters. The van der Waals surface area contributed by atoms with E-state index in [0.29, 0.717) is 25.1 Å². The predicted molar refractivity (Wildman–Crippen MR) is 75.0 cm³/mol. The van der Waals surface area contributed by atoms with Crippen LogP contribution in [0.5, 0.6) is 0 Å². The fourth-order valence-electron chi connectivity index (χ4n) is 2.96. The Labute approximate surface area is 126 Å². The number of halogens is 2. The summed E-state index contributed by atoms with van der Waals surface area (Å²) in [7, 11) is 1.68. The third kappa shape index (κ3) is 2.51. The number of carbonyl (C=O) groups excluding carboxylic acids is 2. The molecule has 2 heterocycles. The van der Waals surface area contributed by atoms with E-state index in [2.05, 4.69) is 5.32 Å². The van der Waals surface area contributed by atoms with Crippen LogP contribution < -0.4 is 5.32 Å². The van der Waals surface area contributed by atoms with Crippen LogP contribution >= 0.6 is 0 Å². The Hall–Kier alpha value is -2.18. The zero-order valence-electron chi connectivity index (χ0n) is 12.2. The number of hydrogen-bond acceptors (Lipinski definition) is 2. The smallest absolute Gasteiger partial charge is 0.318 e. The summed E-state index contributed by atoms with van der Waals surface area (Å²) in [4.78, 5) is 27.0. The molecule has 22 heavy (non-hydrogen) atoms. The Morgan fingerprint density at radius 3 is 2.55 bits per heavy atom.